The van der Waals surface area contributed by atoms with Crippen molar-refractivity contribution in [3.8, 4) is 0 Å². The molecule has 0 saturated heterocycles. The Kier molecular flexibility index (Phi) is 8.56. The van der Waals surface area contributed by atoms with Crippen LogP contribution in [-0.2, 0) is 14.4 Å². The molecule has 1 unspecified atom stereocenters. The summed E-state index contributed by atoms with van der Waals surface area (Å²) in [4.78, 5) is 33.6. The third-order valence-corrected chi connectivity index (χ3v) is 2.82. The predicted octanol–water partition coefficient (Wildman–Crippen LogP) is -1.49. The second-order valence-corrected chi connectivity index (χ2v) is 5.95. The fraction of sp³-hybridized carbons (Fsp3) is 0.769. The molecule has 0 aromatic heterocycles. The standard InChI is InChI=1S/C13H26N4O4/c1-17(2,3)7-5-4-6-10(16-11(18)8-14)13(21)15-9-12(19)20/h10H,4-9,14H2,1-3H3,(H2-,15,16,18,19,20,21)/p+1. The number of hydrogen-bond donors (Lipinski definition) is 4. The number of quaternary nitrogens is 1. The van der Waals surface area contributed by atoms with E-state index in [4.69, 9.17) is 10.8 Å². The number of nitrogens with two attached hydrogens (primary N) is 1. The smallest absolute Gasteiger partial charge is 0.322 e. The van der Waals surface area contributed by atoms with Crippen LogP contribution in [0.1, 0.15) is 19.3 Å². The van der Waals surface area contributed by atoms with Gasteiger partial charge in [0.25, 0.3) is 0 Å². The number of unbranched alkanes of at least 4 members (excludes halogenated alkanes) is 1. The molecule has 0 bridgehead atoms. The SMILES string of the molecule is C[N+](C)(C)CCCCC(NC(=O)CN)C(=O)NCC(=O)O. The molecule has 0 aromatic carbocycles. The van der Waals surface area contributed by atoms with Crippen LogP contribution in [-0.4, -0.2) is 74.2 Å². The Labute approximate surface area is 125 Å². The lowest BCUT2D eigenvalue weighted by Crippen LogP contribution is -2.49. The Morgan fingerprint density at radius 2 is 1.81 bits per heavy atom. The van der Waals surface area contributed by atoms with Gasteiger partial charge in [0.1, 0.15) is 12.6 Å². The zero-order valence-electron chi connectivity index (χ0n) is 13.0. The van der Waals surface area contributed by atoms with E-state index in [9.17, 15) is 14.4 Å². The van der Waals surface area contributed by atoms with Crippen molar-refractivity contribution in [3.05, 3.63) is 0 Å². The number of carbonyl (C=O) groups is 3. The highest BCUT2D eigenvalue weighted by molar-refractivity contribution is 5.89. The molecule has 0 spiro atoms. The van der Waals surface area contributed by atoms with Crippen LogP contribution in [0.25, 0.3) is 0 Å². The van der Waals surface area contributed by atoms with E-state index in [1.54, 1.807) is 0 Å². The molecule has 0 heterocycles. The van der Waals surface area contributed by atoms with E-state index in [2.05, 4.69) is 31.8 Å². The first-order valence-electron chi connectivity index (χ1n) is 6.95. The second kappa shape index (κ2) is 9.30. The second-order valence-electron chi connectivity index (χ2n) is 5.95. The Balaban J connectivity index is 4.35. The average molecular weight is 303 g/mol. The summed E-state index contributed by atoms with van der Waals surface area (Å²) in [5.41, 5.74) is 5.21. The van der Waals surface area contributed by atoms with Crippen molar-refractivity contribution in [2.24, 2.45) is 5.73 Å². The van der Waals surface area contributed by atoms with Crippen LogP contribution in [0.15, 0.2) is 0 Å². The molecule has 0 rings (SSSR count). The van der Waals surface area contributed by atoms with Crippen LogP contribution in [0.5, 0.6) is 0 Å². The number of nitrogens with zero attached hydrogens (tertiary/aromatic N) is 1. The van der Waals surface area contributed by atoms with Crippen molar-refractivity contribution in [2.45, 2.75) is 25.3 Å². The van der Waals surface area contributed by atoms with E-state index >= 15 is 0 Å². The molecule has 0 saturated carbocycles. The van der Waals surface area contributed by atoms with Crippen LogP contribution in [0, 0.1) is 0 Å². The minimum Gasteiger partial charge on any atom is -0.480 e. The third-order valence-electron chi connectivity index (χ3n) is 2.82. The summed E-state index contributed by atoms with van der Waals surface area (Å²) in [5.74, 6) is -2.06. The maximum absolute atomic E-state index is 11.9. The Bertz CT molecular complexity index is 366. The van der Waals surface area contributed by atoms with Crippen molar-refractivity contribution in [2.75, 3.05) is 40.8 Å². The molecule has 0 fully saturated rings. The summed E-state index contributed by atoms with van der Waals surface area (Å²) in [6.45, 7) is 0.280. The molecule has 0 aliphatic heterocycles. The van der Waals surface area contributed by atoms with Crippen molar-refractivity contribution in [3.63, 3.8) is 0 Å². The molecule has 0 radical (unpaired) electrons. The Morgan fingerprint density at radius 3 is 2.29 bits per heavy atom. The lowest BCUT2D eigenvalue weighted by Gasteiger charge is -2.24. The summed E-state index contributed by atoms with van der Waals surface area (Å²) >= 11 is 0. The molecule has 8 nitrogen and oxygen atoms in total. The van der Waals surface area contributed by atoms with Crippen LogP contribution >= 0.6 is 0 Å². The van der Waals surface area contributed by atoms with Crippen LogP contribution < -0.4 is 16.4 Å². The highest BCUT2D eigenvalue weighted by Gasteiger charge is 2.20. The summed E-state index contributed by atoms with van der Waals surface area (Å²) in [6, 6.07) is -0.743. The molecule has 122 valence electrons. The van der Waals surface area contributed by atoms with Gasteiger partial charge < -0.3 is 26.0 Å². The van der Waals surface area contributed by atoms with Gasteiger partial charge in [-0.25, -0.2) is 0 Å². The van der Waals surface area contributed by atoms with Crippen LogP contribution in [0.4, 0.5) is 0 Å². The number of hydrogen-bond acceptors (Lipinski definition) is 4. The van der Waals surface area contributed by atoms with E-state index in [-0.39, 0.29) is 6.54 Å². The number of aliphatic carboxylic acids is 1. The zero-order chi connectivity index (χ0) is 16.5. The Hall–Kier alpha value is -1.67. The van der Waals surface area contributed by atoms with Crippen molar-refractivity contribution in [1.29, 1.82) is 0 Å². The number of carbonyl (C=O) groups excluding carboxylic acids is 2. The molecule has 2 amide bonds. The minimum absolute atomic E-state index is 0.207. The lowest BCUT2D eigenvalue weighted by molar-refractivity contribution is -0.870. The third kappa shape index (κ3) is 10.7. The van der Waals surface area contributed by atoms with Gasteiger partial charge in [0.2, 0.25) is 11.8 Å². The van der Waals surface area contributed by atoms with E-state index in [0.717, 1.165) is 23.9 Å². The molecule has 21 heavy (non-hydrogen) atoms. The molecular formula is C13H27N4O4+. The highest BCUT2D eigenvalue weighted by atomic mass is 16.4. The van der Waals surface area contributed by atoms with Crippen molar-refractivity contribution < 1.29 is 24.0 Å². The summed E-state index contributed by atoms with van der Waals surface area (Å²) in [5, 5.41) is 13.3. The maximum atomic E-state index is 11.9. The van der Waals surface area contributed by atoms with Gasteiger partial charge >= 0.3 is 5.97 Å². The van der Waals surface area contributed by atoms with Gasteiger partial charge in [-0.2, -0.15) is 0 Å². The highest BCUT2D eigenvalue weighted by Crippen LogP contribution is 2.04. The Morgan fingerprint density at radius 1 is 1.19 bits per heavy atom. The summed E-state index contributed by atoms with van der Waals surface area (Å²) in [7, 11) is 6.23. The number of rotatable bonds is 10. The predicted molar refractivity (Wildman–Crippen MR) is 78.4 cm³/mol. The normalized spacial score (nSPS) is 12.6. The number of amides is 2. The fourth-order valence-corrected chi connectivity index (χ4v) is 1.74. The van der Waals surface area contributed by atoms with Gasteiger partial charge in [-0.1, -0.05) is 0 Å². The molecule has 0 aliphatic rings. The minimum atomic E-state index is -1.13. The van der Waals surface area contributed by atoms with Crippen LogP contribution in [0.2, 0.25) is 0 Å². The van der Waals surface area contributed by atoms with Gasteiger partial charge in [-0.3, -0.25) is 14.4 Å². The van der Waals surface area contributed by atoms with Crippen LogP contribution in [0.3, 0.4) is 0 Å². The lowest BCUT2D eigenvalue weighted by atomic mass is 10.1. The first kappa shape index (κ1) is 19.3. The van der Waals surface area contributed by atoms with Gasteiger partial charge in [-0.05, 0) is 19.3 Å². The number of nitrogens with one attached hydrogen (secondary N) is 2. The van der Waals surface area contributed by atoms with E-state index in [1.165, 1.54) is 0 Å². The molecule has 0 aliphatic carbocycles. The van der Waals surface area contributed by atoms with Gasteiger partial charge in [0.15, 0.2) is 0 Å². The van der Waals surface area contributed by atoms with E-state index in [0.29, 0.717) is 6.42 Å². The molecule has 0 aromatic rings. The fourth-order valence-electron chi connectivity index (χ4n) is 1.74. The van der Waals surface area contributed by atoms with Gasteiger partial charge in [-0.15, -0.1) is 0 Å². The topological polar surface area (TPSA) is 122 Å². The zero-order valence-corrected chi connectivity index (χ0v) is 13.0. The number of carboxylic acid groups (broad SMARTS) is 1. The summed E-state index contributed by atoms with van der Waals surface area (Å²) in [6.07, 6.45) is 2.12. The first-order chi connectivity index (χ1) is 9.65. The summed E-state index contributed by atoms with van der Waals surface area (Å²) < 4.78 is 0.824. The molecular weight excluding hydrogens is 276 g/mol. The van der Waals surface area contributed by atoms with Crippen molar-refractivity contribution in [1.82, 2.24) is 10.6 Å². The van der Waals surface area contributed by atoms with Crippen molar-refractivity contribution >= 4 is 17.8 Å². The van der Waals surface area contributed by atoms with E-state index in [1.807, 2.05) is 0 Å². The molecule has 8 heteroatoms. The molecule has 1 atom stereocenters. The van der Waals surface area contributed by atoms with Gasteiger partial charge in [0.05, 0.1) is 34.2 Å². The maximum Gasteiger partial charge on any atom is 0.322 e. The number of carboxylic acids is 1. The first-order valence-corrected chi connectivity index (χ1v) is 6.95. The quantitative estimate of drug-likeness (QED) is 0.289. The average Bonchev–Trinajstić information content (AvgIpc) is 2.37. The van der Waals surface area contributed by atoms with E-state index < -0.39 is 30.4 Å². The van der Waals surface area contributed by atoms with Gasteiger partial charge in [0, 0.05) is 0 Å². The largest absolute Gasteiger partial charge is 0.480 e. The monoisotopic (exact) mass is 303 g/mol. The molecule has 5 N–H and O–H groups in total.